The van der Waals surface area contributed by atoms with Crippen LogP contribution < -0.4 is 14.2 Å². The van der Waals surface area contributed by atoms with Crippen molar-refractivity contribution in [3.63, 3.8) is 0 Å². The van der Waals surface area contributed by atoms with Gasteiger partial charge in [0.1, 0.15) is 0 Å². The molecule has 0 saturated heterocycles. The molecule has 0 radical (unpaired) electrons. The van der Waals surface area contributed by atoms with Gasteiger partial charge in [0.15, 0.2) is 17.3 Å². The van der Waals surface area contributed by atoms with Crippen LogP contribution in [0.1, 0.15) is 144 Å². The molecule has 2 aromatic rings. The molecule has 0 aliphatic heterocycles. The van der Waals surface area contributed by atoms with Crippen molar-refractivity contribution in [1.29, 1.82) is 0 Å². The molecule has 5 nitrogen and oxygen atoms in total. The maximum Gasteiger partial charge on any atom is 0.231 e. The number of carbonyl (C=O) groups excluding carboxylic acids is 1. The molecule has 4 saturated carbocycles. The van der Waals surface area contributed by atoms with Crippen LogP contribution >= 0.6 is 0 Å². The van der Waals surface area contributed by atoms with Crippen molar-refractivity contribution in [1.82, 2.24) is 0 Å². The van der Waals surface area contributed by atoms with Gasteiger partial charge in [0, 0.05) is 0 Å². The summed E-state index contributed by atoms with van der Waals surface area (Å²) in [5.41, 5.74) is 1.48. The van der Waals surface area contributed by atoms with Crippen molar-refractivity contribution in [3.8, 4) is 17.2 Å². The third-order valence-corrected chi connectivity index (χ3v) is 10.0. The maximum atomic E-state index is 14.7. The third-order valence-electron chi connectivity index (χ3n) is 10.0. The third kappa shape index (κ3) is 8.40. The number of rotatable bonds is 11. The zero-order valence-electron chi connectivity index (χ0n) is 26.6. The van der Waals surface area contributed by atoms with Gasteiger partial charge in [-0.25, -0.2) is 0 Å². The van der Waals surface area contributed by atoms with E-state index in [4.69, 9.17) is 18.9 Å². The van der Waals surface area contributed by atoms with Crippen molar-refractivity contribution in [2.45, 2.75) is 153 Å². The van der Waals surface area contributed by atoms with Crippen molar-refractivity contribution >= 4 is 11.9 Å². The average Bonchev–Trinajstić information content (AvgIpc) is 3.08. The van der Waals surface area contributed by atoms with E-state index in [-0.39, 0.29) is 30.2 Å². The van der Waals surface area contributed by atoms with Gasteiger partial charge in [-0.2, -0.15) is 0 Å². The lowest BCUT2D eigenvalue weighted by atomic mass is 9.96. The van der Waals surface area contributed by atoms with Crippen LogP contribution in [0.2, 0.25) is 0 Å². The van der Waals surface area contributed by atoms with Gasteiger partial charge in [-0.05, 0) is 127 Å². The Hall–Kier alpha value is -2.95. The fourth-order valence-corrected chi connectivity index (χ4v) is 7.46. The lowest BCUT2D eigenvalue weighted by Crippen LogP contribution is -2.26. The lowest BCUT2D eigenvalue weighted by molar-refractivity contribution is 0.0641. The first-order valence-corrected chi connectivity index (χ1v) is 17.9. The number of hydrogen-bond donors (Lipinski definition) is 0. The lowest BCUT2D eigenvalue weighted by Gasteiger charge is -2.31. The Bertz CT molecular complexity index is 1210. The monoisotopic (exact) mass is 600 g/mol. The Balaban J connectivity index is 1.40. The first-order valence-electron chi connectivity index (χ1n) is 17.9. The summed E-state index contributed by atoms with van der Waals surface area (Å²) < 4.78 is 27.1. The highest BCUT2D eigenvalue weighted by molar-refractivity contribution is 6.12. The second kappa shape index (κ2) is 15.9. The van der Waals surface area contributed by atoms with E-state index in [1.165, 1.54) is 51.4 Å². The van der Waals surface area contributed by atoms with Crippen LogP contribution in [0.25, 0.3) is 6.08 Å². The van der Waals surface area contributed by atoms with Crippen molar-refractivity contribution in [2.75, 3.05) is 0 Å². The number of allylic oxidation sites excluding steroid dienone is 1. The number of Topliss-reactive ketones (excluding diaryl/α,β-unsaturated/α-hetero) is 1. The van der Waals surface area contributed by atoms with Crippen LogP contribution in [0.5, 0.6) is 17.2 Å². The van der Waals surface area contributed by atoms with Crippen molar-refractivity contribution in [2.24, 2.45) is 0 Å². The number of ketones is 1. The smallest absolute Gasteiger partial charge is 0.231 e. The van der Waals surface area contributed by atoms with E-state index >= 15 is 0 Å². The standard InChI is InChI=1S/C39H52O5/c40-37(36(28-29-16-6-1-7-17-29)42-31-20-10-3-11-21-31)34-26-27-35(41-30-18-8-2-9-19-30)39(44-33-24-14-5-15-25-33)38(34)43-32-22-12-4-13-23-32/h1,6-7,16-17,26-28,30-33H,2-5,8-15,18-25H2. The fourth-order valence-electron chi connectivity index (χ4n) is 7.46. The molecule has 0 heterocycles. The molecule has 4 fully saturated rings. The van der Waals surface area contributed by atoms with Crippen LogP contribution in [0.4, 0.5) is 0 Å². The first kappa shape index (κ1) is 31.0. The van der Waals surface area contributed by atoms with Crippen molar-refractivity contribution in [3.05, 3.63) is 59.4 Å². The minimum Gasteiger partial charge on any atom is -0.486 e. The number of hydrogen-bond acceptors (Lipinski definition) is 5. The van der Waals surface area contributed by atoms with Gasteiger partial charge in [0.05, 0.1) is 30.0 Å². The normalized spacial score (nSPS) is 21.5. The van der Waals surface area contributed by atoms with Crippen LogP contribution in [0, 0.1) is 0 Å². The van der Waals surface area contributed by atoms with E-state index in [0.717, 1.165) is 88.4 Å². The van der Waals surface area contributed by atoms with E-state index in [1.807, 2.05) is 48.5 Å². The van der Waals surface area contributed by atoms with Gasteiger partial charge >= 0.3 is 0 Å². The summed E-state index contributed by atoms with van der Waals surface area (Å²) in [6.07, 6.45) is 24.7. The molecule has 0 aromatic heterocycles. The van der Waals surface area contributed by atoms with Gasteiger partial charge in [0.2, 0.25) is 11.5 Å². The minimum atomic E-state index is -0.136. The predicted molar refractivity (Wildman–Crippen MR) is 176 cm³/mol. The minimum absolute atomic E-state index is 0.0530. The molecule has 44 heavy (non-hydrogen) atoms. The molecule has 5 heteroatoms. The van der Waals surface area contributed by atoms with E-state index in [9.17, 15) is 4.79 Å². The summed E-state index contributed by atoms with van der Waals surface area (Å²) in [6, 6.07) is 13.9. The summed E-state index contributed by atoms with van der Waals surface area (Å²) in [7, 11) is 0. The molecule has 0 atom stereocenters. The summed E-state index contributed by atoms with van der Waals surface area (Å²) >= 11 is 0. The molecule has 4 aliphatic rings. The highest BCUT2D eigenvalue weighted by Crippen LogP contribution is 2.46. The summed E-state index contributed by atoms with van der Waals surface area (Å²) in [4.78, 5) is 14.7. The number of carbonyl (C=O) groups is 1. The molecule has 0 unspecified atom stereocenters. The second-order valence-electron chi connectivity index (χ2n) is 13.5. The first-order chi connectivity index (χ1) is 21.7. The highest BCUT2D eigenvalue weighted by Gasteiger charge is 2.32. The summed E-state index contributed by atoms with van der Waals surface area (Å²) in [6.45, 7) is 0. The Morgan fingerprint density at radius 3 is 1.55 bits per heavy atom. The number of benzene rings is 2. The molecule has 4 aliphatic carbocycles. The van der Waals surface area contributed by atoms with Gasteiger partial charge in [-0.15, -0.1) is 0 Å². The SMILES string of the molecule is O=C(C(=Cc1ccccc1)OC1CCCCC1)c1ccc(OC2CCCCC2)c(OC2CCCCC2)c1OC1CCCCC1. The molecular formula is C39H52O5. The maximum absolute atomic E-state index is 14.7. The van der Waals surface area contributed by atoms with Gasteiger partial charge in [-0.1, -0.05) is 56.0 Å². The Kier molecular flexibility index (Phi) is 11.2. The van der Waals surface area contributed by atoms with Crippen LogP contribution in [0.3, 0.4) is 0 Å². The second-order valence-corrected chi connectivity index (χ2v) is 13.5. The Morgan fingerprint density at radius 1 is 0.523 bits per heavy atom. The molecule has 0 N–H and O–H groups in total. The molecule has 0 amide bonds. The van der Waals surface area contributed by atoms with Crippen molar-refractivity contribution < 1.29 is 23.7 Å². The quantitative estimate of drug-likeness (QED) is 0.146. The zero-order valence-corrected chi connectivity index (χ0v) is 26.6. The van der Waals surface area contributed by atoms with Crippen LogP contribution in [0.15, 0.2) is 48.2 Å². The highest BCUT2D eigenvalue weighted by atomic mass is 16.6. The topological polar surface area (TPSA) is 54.0 Å². The van der Waals surface area contributed by atoms with Gasteiger partial charge < -0.3 is 18.9 Å². The predicted octanol–water partition coefficient (Wildman–Crippen LogP) is 10.4. The molecular weight excluding hydrogens is 548 g/mol. The number of ether oxygens (including phenoxy) is 4. The van der Waals surface area contributed by atoms with E-state index < -0.39 is 0 Å². The molecule has 0 spiro atoms. The average molecular weight is 601 g/mol. The summed E-state index contributed by atoms with van der Waals surface area (Å²) in [5.74, 6) is 2.18. The Morgan fingerprint density at radius 2 is 1.00 bits per heavy atom. The largest absolute Gasteiger partial charge is 0.486 e. The van der Waals surface area contributed by atoms with E-state index in [2.05, 4.69) is 0 Å². The van der Waals surface area contributed by atoms with Crippen LogP contribution in [-0.4, -0.2) is 30.2 Å². The molecule has 238 valence electrons. The summed E-state index contributed by atoms with van der Waals surface area (Å²) in [5, 5.41) is 0. The van der Waals surface area contributed by atoms with Crippen LogP contribution in [-0.2, 0) is 4.74 Å². The molecule has 6 rings (SSSR count). The fraction of sp³-hybridized carbons (Fsp3) is 0.615. The van der Waals surface area contributed by atoms with E-state index in [0.29, 0.717) is 22.8 Å². The van der Waals surface area contributed by atoms with Gasteiger partial charge in [0.25, 0.3) is 0 Å². The molecule has 0 bridgehead atoms. The van der Waals surface area contributed by atoms with Gasteiger partial charge in [-0.3, -0.25) is 4.79 Å². The zero-order chi connectivity index (χ0) is 30.0. The van der Waals surface area contributed by atoms with E-state index in [1.54, 1.807) is 0 Å². The Labute approximate surface area is 264 Å². The molecule has 2 aromatic carbocycles.